The minimum absolute atomic E-state index is 0.0476. The monoisotopic (exact) mass is 262 g/mol. The van der Waals surface area contributed by atoms with Gasteiger partial charge in [0.2, 0.25) is 0 Å². The molecule has 0 radical (unpaired) electrons. The van der Waals surface area contributed by atoms with Gasteiger partial charge < -0.3 is 15.4 Å². The molecular formula is C15H22N2O2. The second-order valence-electron chi connectivity index (χ2n) is 5.25. The standard InChI is InChI=1S/C15H22N2O2/c1-4-15(2,19-3)14(18)17-9-8-11-6-5-7-13(16)12(11)10-17/h5-7H,4,8-10,16H2,1-3H3. The molecule has 0 spiro atoms. The Kier molecular flexibility index (Phi) is 3.80. The highest BCUT2D eigenvalue weighted by Crippen LogP contribution is 2.27. The number of benzene rings is 1. The summed E-state index contributed by atoms with van der Waals surface area (Å²) in [6, 6.07) is 5.95. The molecule has 0 fully saturated rings. The van der Waals surface area contributed by atoms with Crippen LogP contribution < -0.4 is 5.73 Å². The number of anilines is 1. The van der Waals surface area contributed by atoms with Gasteiger partial charge in [-0.15, -0.1) is 0 Å². The van der Waals surface area contributed by atoms with E-state index in [2.05, 4.69) is 6.07 Å². The third-order valence-electron chi connectivity index (χ3n) is 4.17. The van der Waals surface area contributed by atoms with Crippen molar-refractivity contribution in [3.05, 3.63) is 29.3 Å². The lowest BCUT2D eigenvalue weighted by Crippen LogP contribution is -2.49. The molecule has 1 amide bonds. The first-order chi connectivity index (χ1) is 9.01. The van der Waals surface area contributed by atoms with Gasteiger partial charge >= 0.3 is 0 Å². The first kappa shape index (κ1) is 13.9. The van der Waals surface area contributed by atoms with Crippen molar-refractivity contribution < 1.29 is 9.53 Å². The van der Waals surface area contributed by atoms with Crippen molar-refractivity contribution in [3.63, 3.8) is 0 Å². The highest BCUT2D eigenvalue weighted by molar-refractivity contribution is 5.85. The van der Waals surface area contributed by atoms with Crippen LogP contribution in [0.2, 0.25) is 0 Å². The fourth-order valence-corrected chi connectivity index (χ4v) is 2.50. The van der Waals surface area contributed by atoms with Crippen LogP contribution in [0, 0.1) is 0 Å². The van der Waals surface area contributed by atoms with Crippen LogP contribution in [0.4, 0.5) is 5.69 Å². The number of rotatable bonds is 3. The fourth-order valence-electron chi connectivity index (χ4n) is 2.50. The molecule has 2 N–H and O–H groups in total. The molecular weight excluding hydrogens is 240 g/mol. The molecule has 1 aliphatic rings. The second-order valence-corrected chi connectivity index (χ2v) is 5.25. The molecule has 1 unspecified atom stereocenters. The van der Waals surface area contributed by atoms with Crippen molar-refractivity contribution in [2.24, 2.45) is 0 Å². The number of nitrogen functional groups attached to an aromatic ring is 1. The number of ether oxygens (including phenoxy) is 1. The molecule has 1 atom stereocenters. The molecule has 4 heteroatoms. The minimum Gasteiger partial charge on any atom is -0.398 e. The number of carbonyl (C=O) groups excluding carboxylic acids is 1. The van der Waals surface area contributed by atoms with E-state index in [1.807, 2.05) is 30.9 Å². The van der Waals surface area contributed by atoms with Gasteiger partial charge in [-0.3, -0.25) is 4.79 Å². The molecule has 1 heterocycles. The fraction of sp³-hybridized carbons (Fsp3) is 0.533. The number of methoxy groups -OCH3 is 1. The number of hydrogen-bond donors (Lipinski definition) is 1. The van der Waals surface area contributed by atoms with Gasteiger partial charge in [-0.05, 0) is 37.0 Å². The van der Waals surface area contributed by atoms with Crippen LogP contribution in [0.15, 0.2) is 18.2 Å². The third-order valence-corrected chi connectivity index (χ3v) is 4.17. The van der Waals surface area contributed by atoms with Crippen molar-refractivity contribution in [3.8, 4) is 0 Å². The first-order valence-corrected chi connectivity index (χ1v) is 6.72. The average Bonchev–Trinajstić information content (AvgIpc) is 2.46. The van der Waals surface area contributed by atoms with Crippen LogP contribution in [0.25, 0.3) is 0 Å². The quantitative estimate of drug-likeness (QED) is 0.847. The largest absolute Gasteiger partial charge is 0.398 e. The Morgan fingerprint density at radius 3 is 2.89 bits per heavy atom. The molecule has 1 aromatic carbocycles. The highest BCUT2D eigenvalue weighted by atomic mass is 16.5. The number of hydrogen-bond acceptors (Lipinski definition) is 3. The van der Waals surface area contributed by atoms with Crippen LogP contribution in [-0.4, -0.2) is 30.1 Å². The summed E-state index contributed by atoms with van der Waals surface area (Å²) in [7, 11) is 1.59. The SMILES string of the molecule is CCC(C)(OC)C(=O)N1CCc2cccc(N)c2C1. The molecule has 1 aromatic rings. The number of fused-ring (bicyclic) bond motifs is 1. The zero-order valence-electron chi connectivity index (χ0n) is 11.9. The number of nitrogens with two attached hydrogens (primary N) is 1. The Hall–Kier alpha value is -1.55. The summed E-state index contributed by atoms with van der Waals surface area (Å²) >= 11 is 0. The van der Waals surface area contributed by atoms with Crippen molar-refractivity contribution >= 4 is 11.6 Å². The lowest BCUT2D eigenvalue weighted by atomic mass is 9.95. The summed E-state index contributed by atoms with van der Waals surface area (Å²) in [6.07, 6.45) is 1.52. The summed E-state index contributed by atoms with van der Waals surface area (Å²) in [6.45, 7) is 5.13. The molecule has 104 valence electrons. The predicted molar refractivity (Wildman–Crippen MR) is 75.7 cm³/mol. The van der Waals surface area contributed by atoms with Crippen molar-refractivity contribution in [2.75, 3.05) is 19.4 Å². The van der Waals surface area contributed by atoms with Gasteiger partial charge in [-0.1, -0.05) is 19.1 Å². The molecule has 19 heavy (non-hydrogen) atoms. The van der Waals surface area contributed by atoms with Gasteiger partial charge in [-0.2, -0.15) is 0 Å². The summed E-state index contributed by atoms with van der Waals surface area (Å²) in [4.78, 5) is 14.4. The molecule has 0 aromatic heterocycles. The lowest BCUT2D eigenvalue weighted by molar-refractivity contribution is -0.154. The number of nitrogens with zero attached hydrogens (tertiary/aromatic N) is 1. The zero-order chi connectivity index (χ0) is 14.0. The molecule has 1 aliphatic heterocycles. The Labute approximate surface area is 114 Å². The first-order valence-electron chi connectivity index (χ1n) is 6.72. The van der Waals surface area contributed by atoms with E-state index in [0.717, 1.165) is 24.2 Å². The molecule has 4 nitrogen and oxygen atoms in total. The van der Waals surface area contributed by atoms with Gasteiger partial charge in [0.15, 0.2) is 0 Å². The Balaban J connectivity index is 2.22. The number of amides is 1. The summed E-state index contributed by atoms with van der Waals surface area (Å²) in [5.74, 6) is 0.0476. The van der Waals surface area contributed by atoms with Crippen LogP contribution in [0.3, 0.4) is 0 Å². The van der Waals surface area contributed by atoms with Crippen molar-refractivity contribution in [1.29, 1.82) is 0 Å². The lowest BCUT2D eigenvalue weighted by Gasteiger charge is -2.36. The third kappa shape index (κ3) is 2.45. The van der Waals surface area contributed by atoms with E-state index in [1.165, 1.54) is 5.56 Å². The van der Waals surface area contributed by atoms with E-state index in [1.54, 1.807) is 7.11 Å². The molecule has 0 saturated heterocycles. The summed E-state index contributed by atoms with van der Waals surface area (Å²) in [5.41, 5.74) is 8.37. The van der Waals surface area contributed by atoms with Crippen LogP contribution in [0.5, 0.6) is 0 Å². The van der Waals surface area contributed by atoms with E-state index in [9.17, 15) is 4.79 Å². The van der Waals surface area contributed by atoms with E-state index < -0.39 is 5.60 Å². The van der Waals surface area contributed by atoms with Gasteiger partial charge in [0.25, 0.3) is 5.91 Å². The van der Waals surface area contributed by atoms with Crippen molar-refractivity contribution in [2.45, 2.75) is 38.8 Å². The Morgan fingerprint density at radius 2 is 2.26 bits per heavy atom. The van der Waals surface area contributed by atoms with Gasteiger partial charge in [0.05, 0.1) is 0 Å². The van der Waals surface area contributed by atoms with Crippen LogP contribution in [-0.2, 0) is 22.5 Å². The average molecular weight is 262 g/mol. The number of carbonyl (C=O) groups is 1. The highest BCUT2D eigenvalue weighted by Gasteiger charge is 2.36. The molecule has 0 saturated carbocycles. The molecule has 0 aliphatic carbocycles. The van der Waals surface area contributed by atoms with Gasteiger partial charge in [-0.25, -0.2) is 0 Å². The maximum atomic E-state index is 12.6. The maximum absolute atomic E-state index is 12.6. The van der Waals surface area contributed by atoms with E-state index in [0.29, 0.717) is 13.0 Å². The van der Waals surface area contributed by atoms with Crippen LogP contribution >= 0.6 is 0 Å². The maximum Gasteiger partial charge on any atom is 0.254 e. The van der Waals surface area contributed by atoms with Crippen LogP contribution in [0.1, 0.15) is 31.4 Å². The van der Waals surface area contributed by atoms with Crippen molar-refractivity contribution in [1.82, 2.24) is 4.90 Å². The Bertz CT molecular complexity index is 481. The minimum atomic E-state index is -0.735. The molecule has 2 rings (SSSR count). The van der Waals surface area contributed by atoms with E-state index >= 15 is 0 Å². The van der Waals surface area contributed by atoms with Gasteiger partial charge in [0, 0.05) is 25.9 Å². The summed E-state index contributed by atoms with van der Waals surface area (Å²) < 4.78 is 5.40. The smallest absolute Gasteiger partial charge is 0.254 e. The zero-order valence-corrected chi connectivity index (χ0v) is 11.9. The van der Waals surface area contributed by atoms with Gasteiger partial charge in [0.1, 0.15) is 5.60 Å². The summed E-state index contributed by atoms with van der Waals surface area (Å²) in [5, 5.41) is 0. The van der Waals surface area contributed by atoms with E-state index in [4.69, 9.17) is 10.5 Å². The topological polar surface area (TPSA) is 55.6 Å². The second kappa shape index (κ2) is 5.21. The predicted octanol–water partition coefficient (Wildman–Crippen LogP) is 1.97. The van der Waals surface area contributed by atoms with E-state index in [-0.39, 0.29) is 5.91 Å². The molecule has 0 bridgehead atoms. The normalized spacial score (nSPS) is 17.7. The Morgan fingerprint density at radius 1 is 1.53 bits per heavy atom.